The summed E-state index contributed by atoms with van der Waals surface area (Å²) in [7, 11) is 1.46. The fraction of sp³-hybridized carbons (Fsp3) is 0.227. The SMILES string of the molecule is COC(=O)c1c(SC)cc(-c2ccc(C)cc2)c2c1-c1ccsc1CC2. The van der Waals surface area contributed by atoms with Crippen LogP contribution in [0.5, 0.6) is 0 Å². The number of thiophene rings is 1. The van der Waals surface area contributed by atoms with Gasteiger partial charge in [-0.25, -0.2) is 4.79 Å². The molecule has 1 heterocycles. The lowest BCUT2D eigenvalue weighted by Gasteiger charge is -2.24. The number of fused-ring (bicyclic) bond motifs is 3. The number of carbonyl (C=O) groups is 1. The lowest BCUT2D eigenvalue weighted by molar-refractivity contribution is 0.0597. The summed E-state index contributed by atoms with van der Waals surface area (Å²) in [6, 6.07) is 13.0. The maximum Gasteiger partial charge on any atom is 0.339 e. The molecule has 0 unspecified atom stereocenters. The molecule has 0 fully saturated rings. The molecule has 132 valence electrons. The van der Waals surface area contributed by atoms with Crippen molar-refractivity contribution in [3.63, 3.8) is 0 Å². The highest BCUT2D eigenvalue weighted by Gasteiger charge is 2.29. The molecule has 4 rings (SSSR count). The third-order valence-corrected chi connectivity index (χ3v) is 6.73. The molecule has 1 aliphatic rings. The molecule has 2 nitrogen and oxygen atoms in total. The van der Waals surface area contributed by atoms with Crippen molar-refractivity contribution in [1.82, 2.24) is 0 Å². The van der Waals surface area contributed by atoms with E-state index in [1.165, 1.54) is 39.8 Å². The second-order valence-electron chi connectivity index (χ2n) is 6.47. The molecule has 0 bridgehead atoms. The van der Waals surface area contributed by atoms with E-state index in [2.05, 4.69) is 48.7 Å². The quantitative estimate of drug-likeness (QED) is 0.412. The summed E-state index contributed by atoms with van der Waals surface area (Å²) in [4.78, 5) is 15.0. The van der Waals surface area contributed by atoms with Crippen molar-refractivity contribution >= 4 is 29.1 Å². The van der Waals surface area contributed by atoms with Crippen molar-refractivity contribution in [2.75, 3.05) is 13.4 Å². The standard InChI is InChI=1S/C22H20O2S2/c1-13-4-6-14(7-5-13)17-12-19(25-3)21(22(23)24-2)20-15(17)8-9-18-16(20)10-11-26-18/h4-7,10-12H,8-9H2,1-3H3. The normalized spacial score (nSPS) is 12.4. The van der Waals surface area contributed by atoms with E-state index in [4.69, 9.17) is 4.74 Å². The van der Waals surface area contributed by atoms with E-state index in [0.29, 0.717) is 5.56 Å². The summed E-state index contributed by atoms with van der Waals surface area (Å²) < 4.78 is 5.15. The van der Waals surface area contributed by atoms with Gasteiger partial charge in [-0.05, 0) is 65.8 Å². The zero-order chi connectivity index (χ0) is 18.3. The number of aryl methyl sites for hydroxylation is 2. The van der Waals surface area contributed by atoms with Crippen molar-refractivity contribution in [3.8, 4) is 22.3 Å². The molecule has 0 amide bonds. The number of ether oxygens (including phenoxy) is 1. The summed E-state index contributed by atoms with van der Waals surface area (Å²) in [5, 5.41) is 2.12. The van der Waals surface area contributed by atoms with Gasteiger partial charge in [-0.3, -0.25) is 0 Å². The van der Waals surface area contributed by atoms with Crippen LogP contribution < -0.4 is 0 Å². The van der Waals surface area contributed by atoms with Gasteiger partial charge >= 0.3 is 5.97 Å². The Morgan fingerprint density at radius 3 is 2.58 bits per heavy atom. The predicted molar refractivity (Wildman–Crippen MR) is 110 cm³/mol. The predicted octanol–water partition coefficient (Wildman–Crippen LogP) is 6.00. The van der Waals surface area contributed by atoms with Gasteiger partial charge in [0, 0.05) is 15.3 Å². The molecule has 26 heavy (non-hydrogen) atoms. The molecule has 1 aromatic heterocycles. The maximum absolute atomic E-state index is 12.7. The second-order valence-corrected chi connectivity index (χ2v) is 8.32. The lowest BCUT2D eigenvalue weighted by atomic mass is 9.82. The number of carbonyl (C=O) groups excluding carboxylic acids is 1. The van der Waals surface area contributed by atoms with E-state index in [0.717, 1.165) is 23.3 Å². The Hall–Kier alpha value is -2.04. The zero-order valence-corrected chi connectivity index (χ0v) is 16.7. The van der Waals surface area contributed by atoms with Crippen LogP contribution in [0.15, 0.2) is 46.7 Å². The second kappa shape index (κ2) is 6.93. The van der Waals surface area contributed by atoms with Crippen LogP contribution in [-0.2, 0) is 17.6 Å². The number of thioether (sulfide) groups is 1. The molecule has 0 saturated heterocycles. The van der Waals surface area contributed by atoms with Crippen molar-refractivity contribution in [3.05, 3.63) is 63.3 Å². The molecular weight excluding hydrogens is 360 g/mol. The number of benzene rings is 2. The van der Waals surface area contributed by atoms with Crippen LogP contribution in [0.3, 0.4) is 0 Å². The van der Waals surface area contributed by atoms with Crippen LogP contribution in [0.25, 0.3) is 22.3 Å². The first kappa shape index (κ1) is 17.4. The molecule has 0 saturated carbocycles. The Balaban J connectivity index is 2.06. The molecule has 0 aliphatic heterocycles. The Kier molecular flexibility index (Phi) is 4.63. The minimum atomic E-state index is -0.250. The molecule has 1 aliphatic carbocycles. The fourth-order valence-electron chi connectivity index (χ4n) is 3.71. The van der Waals surface area contributed by atoms with E-state index in [1.54, 1.807) is 23.1 Å². The summed E-state index contributed by atoms with van der Waals surface area (Å²) in [5.41, 5.74) is 7.93. The van der Waals surface area contributed by atoms with Crippen LogP contribution in [0.4, 0.5) is 0 Å². The van der Waals surface area contributed by atoms with Crippen molar-refractivity contribution < 1.29 is 9.53 Å². The van der Waals surface area contributed by atoms with Crippen LogP contribution >= 0.6 is 23.1 Å². The highest BCUT2D eigenvalue weighted by Crippen LogP contribution is 2.46. The summed E-state index contributed by atoms with van der Waals surface area (Å²) in [6.45, 7) is 2.10. The minimum absolute atomic E-state index is 0.250. The van der Waals surface area contributed by atoms with E-state index < -0.39 is 0 Å². The van der Waals surface area contributed by atoms with Gasteiger partial charge in [0.25, 0.3) is 0 Å². The zero-order valence-electron chi connectivity index (χ0n) is 15.1. The monoisotopic (exact) mass is 380 g/mol. The molecule has 0 spiro atoms. The van der Waals surface area contributed by atoms with Gasteiger partial charge in [0.2, 0.25) is 0 Å². The van der Waals surface area contributed by atoms with Crippen LogP contribution in [0.2, 0.25) is 0 Å². The average molecular weight is 381 g/mol. The number of methoxy groups -OCH3 is 1. The van der Waals surface area contributed by atoms with Crippen molar-refractivity contribution in [2.45, 2.75) is 24.7 Å². The van der Waals surface area contributed by atoms with Gasteiger partial charge < -0.3 is 4.74 Å². The molecule has 0 atom stereocenters. The molecule has 0 radical (unpaired) electrons. The molecule has 0 N–H and O–H groups in total. The number of hydrogen-bond acceptors (Lipinski definition) is 4. The summed E-state index contributed by atoms with van der Waals surface area (Å²) >= 11 is 3.38. The van der Waals surface area contributed by atoms with Crippen LogP contribution in [0.1, 0.15) is 26.4 Å². The van der Waals surface area contributed by atoms with Gasteiger partial charge in [0.15, 0.2) is 0 Å². The third-order valence-electron chi connectivity index (χ3n) is 4.99. The van der Waals surface area contributed by atoms with E-state index in [-0.39, 0.29) is 5.97 Å². The Bertz CT molecular complexity index is 984. The highest BCUT2D eigenvalue weighted by atomic mass is 32.2. The maximum atomic E-state index is 12.7. The highest BCUT2D eigenvalue weighted by molar-refractivity contribution is 7.98. The van der Waals surface area contributed by atoms with Crippen molar-refractivity contribution in [2.24, 2.45) is 0 Å². The van der Waals surface area contributed by atoms with E-state index >= 15 is 0 Å². The van der Waals surface area contributed by atoms with Crippen LogP contribution in [0, 0.1) is 6.92 Å². The lowest BCUT2D eigenvalue weighted by Crippen LogP contribution is -2.12. The number of esters is 1. The van der Waals surface area contributed by atoms with E-state index in [1.807, 2.05) is 6.26 Å². The van der Waals surface area contributed by atoms with Gasteiger partial charge in [0.1, 0.15) is 0 Å². The van der Waals surface area contributed by atoms with Gasteiger partial charge in [0.05, 0.1) is 12.7 Å². The van der Waals surface area contributed by atoms with Crippen molar-refractivity contribution in [1.29, 1.82) is 0 Å². The third kappa shape index (κ3) is 2.78. The Morgan fingerprint density at radius 2 is 1.88 bits per heavy atom. The summed E-state index contributed by atoms with van der Waals surface area (Å²) in [5.74, 6) is -0.250. The summed E-state index contributed by atoms with van der Waals surface area (Å²) in [6.07, 6.45) is 3.99. The topological polar surface area (TPSA) is 26.3 Å². The first-order valence-corrected chi connectivity index (χ1v) is 10.7. The molecular formula is C22H20O2S2. The Labute approximate surface area is 162 Å². The first-order chi connectivity index (χ1) is 12.6. The van der Waals surface area contributed by atoms with Gasteiger partial charge in [-0.15, -0.1) is 23.1 Å². The van der Waals surface area contributed by atoms with Crippen LogP contribution in [-0.4, -0.2) is 19.3 Å². The molecule has 3 aromatic rings. The van der Waals surface area contributed by atoms with Gasteiger partial charge in [-0.2, -0.15) is 0 Å². The minimum Gasteiger partial charge on any atom is -0.465 e. The molecule has 2 aromatic carbocycles. The fourth-order valence-corrected chi connectivity index (χ4v) is 5.22. The smallest absolute Gasteiger partial charge is 0.339 e. The Morgan fingerprint density at radius 1 is 1.12 bits per heavy atom. The van der Waals surface area contributed by atoms with Gasteiger partial charge in [-0.1, -0.05) is 29.8 Å². The average Bonchev–Trinajstić information content (AvgIpc) is 3.15. The number of rotatable bonds is 3. The van der Waals surface area contributed by atoms with E-state index in [9.17, 15) is 4.79 Å². The number of hydrogen-bond donors (Lipinski definition) is 0. The first-order valence-electron chi connectivity index (χ1n) is 8.60. The largest absolute Gasteiger partial charge is 0.465 e. The molecule has 4 heteroatoms.